The summed E-state index contributed by atoms with van der Waals surface area (Å²) in [5.74, 6) is -1.21. The van der Waals surface area contributed by atoms with Gasteiger partial charge in [0.05, 0.1) is 5.92 Å². The average molecular weight is 250 g/mol. The molecule has 0 heterocycles. The largest absolute Gasteiger partial charge is 0.481 e. The van der Waals surface area contributed by atoms with Crippen LogP contribution in [-0.2, 0) is 4.79 Å². The van der Waals surface area contributed by atoms with Gasteiger partial charge in [-0.3, -0.25) is 4.79 Å². The average Bonchev–Trinajstić information content (AvgIpc) is 2.30. The number of carboxylic acids is 1. The summed E-state index contributed by atoms with van der Waals surface area (Å²) in [5, 5.41) is 19.3. The lowest BCUT2D eigenvalue weighted by molar-refractivity contribution is -0.140. The third kappa shape index (κ3) is 4.00. The number of benzene rings is 1. The lowest BCUT2D eigenvalue weighted by Gasteiger charge is -2.21. The smallest absolute Gasteiger partial charge is 0.308 e. The highest BCUT2D eigenvalue weighted by Gasteiger charge is 2.13. The Kier molecular flexibility index (Phi) is 4.85. The van der Waals surface area contributed by atoms with Crippen molar-refractivity contribution < 1.29 is 9.90 Å². The molecule has 0 aliphatic heterocycles. The normalized spacial score (nSPS) is 11.6. The van der Waals surface area contributed by atoms with E-state index in [1.807, 2.05) is 41.6 Å². The summed E-state index contributed by atoms with van der Waals surface area (Å²) in [5.41, 5.74) is 0.945. The monoisotopic (exact) mass is 250 g/mol. The molecular formula is C12H14N2O2S. The molecule has 0 radical (unpaired) electrons. The second kappa shape index (κ2) is 6.16. The number of thioether (sulfide) groups is 1. The maximum Gasteiger partial charge on any atom is 0.308 e. The van der Waals surface area contributed by atoms with E-state index in [2.05, 4.69) is 0 Å². The van der Waals surface area contributed by atoms with Crippen molar-refractivity contribution in [2.45, 2.75) is 11.8 Å². The van der Waals surface area contributed by atoms with Crippen LogP contribution >= 0.6 is 11.8 Å². The minimum Gasteiger partial charge on any atom is -0.481 e. The van der Waals surface area contributed by atoms with Crippen LogP contribution in [0.2, 0.25) is 0 Å². The molecule has 0 amide bonds. The Morgan fingerprint density at radius 1 is 1.53 bits per heavy atom. The van der Waals surface area contributed by atoms with E-state index < -0.39 is 11.9 Å². The van der Waals surface area contributed by atoms with Crippen molar-refractivity contribution in [1.29, 1.82) is 5.26 Å². The van der Waals surface area contributed by atoms with Crippen molar-refractivity contribution in [3.05, 3.63) is 24.3 Å². The predicted molar refractivity (Wildman–Crippen MR) is 68.0 cm³/mol. The molecule has 0 bridgehead atoms. The Labute approximate surface area is 105 Å². The molecule has 0 fully saturated rings. The number of carbonyl (C=O) groups is 1. The van der Waals surface area contributed by atoms with Crippen LogP contribution in [-0.4, -0.2) is 24.7 Å². The summed E-state index contributed by atoms with van der Waals surface area (Å²) in [4.78, 5) is 13.5. The number of hydrogen-bond acceptors (Lipinski definition) is 4. The molecule has 5 heteroatoms. The molecule has 4 nitrogen and oxygen atoms in total. The molecule has 1 atom stereocenters. The van der Waals surface area contributed by atoms with Crippen molar-refractivity contribution in [1.82, 2.24) is 0 Å². The summed E-state index contributed by atoms with van der Waals surface area (Å²) in [6.45, 7) is 2.14. The van der Waals surface area contributed by atoms with Crippen LogP contribution in [0.1, 0.15) is 6.92 Å². The Hall–Kier alpha value is -1.67. The minimum absolute atomic E-state index is 0.409. The van der Waals surface area contributed by atoms with Crippen molar-refractivity contribution >= 4 is 23.4 Å². The zero-order chi connectivity index (χ0) is 12.8. The van der Waals surface area contributed by atoms with Crippen LogP contribution in [0.15, 0.2) is 29.2 Å². The fourth-order valence-electron chi connectivity index (χ4n) is 1.42. The first-order chi connectivity index (χ1) is 8.04. The molecule has 0 saturated carbocycles. The lowest BCUT2D eigenvalue weighted by atomic mass is 10.1. The minimum atomic E-state index is -0.798. The number of hydrogen-bond donors (Lipinski definition) is 1. The molecule has 0 aromatic heterocycles. The van der Waals surface area contributed by atoms with E-state index in [1.165, 1.54) is 0 Å². The molecule has 0 spiro atoms. The van der Waals surface area contributed by atoms with Gasteiger partial charge in [-0.1, -0.05) is 6.92 Å². The molecule has 1 aromatic rings. The number of carboxylic acid groups (broad SMARTS) is 1. The predicted octanol–water partition coefficient (Wildman–Crippen LogP) is 2.42. The van der Waals surface area contributed by atoms with Gasteiger partial charge in [-0.05, 0) is 36.0 Å². The highest BCUT2D eigenvalue weighted by atomic mass is 32.2. The number of rotatable bonds is 5. The fourth-order valence-corrected chi connectivity index (χ4v) is 1.79. The molecule has 0 aliphatic rings. The summed E-state index contributed by atoms with van der Waals surface area (Å²) >= 11 is 1.11. The van der Waals surface area contributed by atoms with E-state index in [-0.39, 0.29) is 0 Å². The number of thiocyanates is 1. The Bertz CT molecular complexity index is 425. The van der Waals surface area contributed by atoms with Crippen LogP contribution in [0.4, 0.5) is 5.69 Å². The SMILES string of the molecule is CC(CN(C)c1ccc(SC#N)cc1)C(=O)O. The number of anilines is 1. The van der Waals surface area contributed by atoms with Gasteiger partial charge in [-0.15, -0.1) is 0 Å². The van der Waals surface area contributed by atoms with Gasteiger partial charge in [0.15, 0.2) is 0 Å². The number of nitrogens with zero attached hydrogens (tertiary/aromatic N) is 2. The maximum atomic E-state index is 10.7. The molecule has 1 unspecified atom stereocenters. The van der Waals surface area contributed by atoms with Gasteiger partial charge in [-0.25, -0.2) is 0 Å². The Morgan fingerprint density at radius 2 is 2.12 bits per heavy atom. The van der Waals surface area contributed by atoms with E-state index >= 15 is 0 Å². The molecule has 17 heavy (non-hydrogen) atoms. The zero-order valence-corrected chi connectivity index (χ0v) is 10.6. The highest BCUT2D eigenvalue weighted by Crippen LogP contribution is 2.21. The van der Waals surface area contributed by atoms with Gasteiger partial charge < -0.3 is 10.0 Å². The van der Waals surface area contributed by atoms with Crippen LogP contribution in [0, 0.1) is 16.6 Å². The van der Waals surface area contributed by atoms with Crippen molar-refractivity contribution in [3.63, 3.8) is 0 Å². The number of nitriles is 1. The highest BCUT2D eigenvalue weighted by molar-refractivity contribution is 8.03. The first kappa shape index (κ1) is 13.4. The van der Waals surface area contributed by atoms with Crippen molar-refractivity contribution in [2.75, 3.05) is 18.5 Å². The van der Waals surface area contributed by atoms with Gasteiger partial charge in [0.2, 0.25) is 0 Å². The zero-order valence-electron chi connectivity index (χ0n) is 9.75. The topological polar surface area (TPSA) is 64.3 Å². The van der Waals surface area contributed by atoms with Crippen LogP contribution < -0.4 is 4.90 Å². The lowest BCUT2D eigenvalue weighted by Crippen LogP contribution is -2.28. The van der Waals surface area contributed by atoms with Gasteiger partial charge in [0.1, 0.15) is 5.40 Å². The van der Waals surface area contributed by atoms with Crippen LogP contribution in [0.3, 0.4) is 0 Å². The standard InChI is InChI=1S/C12H14N2O2S/c1-9(12(15)16)7-14(2)10-3-5-11(6-4-10)17-8-13/h3-6,9H,7H2,1-2H3,(H,15,16). The van der Waals surface area contributed by atoms with Crippen LogP contribution in [0.5, 0.6) is 0 Å². The molecular weight excluding hydrogens is 236 g/mol. The van der Waals surface area contributed by atoms with E-state index in [0.29, 0.717) is 6.54 Å². The summed E-state index contributed by atoms with van der Waals surface area (Å²) < 4.78 is 0. The molecule has 90 valence electrons. The van der Waals surface area contributed by atoms with Gasteiger partial charge >= 0.3 is 5.97 Å². The molecule has 1 N–H and O–H groups in total. The third-order valence-electron chi connectivity index (χ3n) is 2.41. The van der Waals surface area contributed by atoms with Gasteiger partial charge in [0, 0.05) is 24.2 Å². The fraction of sp³-hybridized carbons (Fsp3) is 0.333. The van der Waals surface area contributed by atoms with Gasteiger partial charge in [-0.2, -0.15) is 5.26 Å². The summed E-state index contributed by atoms with van der Waals surface area (Å²) in [7, 11) is 1.85. The quantitative estimate of drug-likeness (QED) is 0.642. The second-order valence-corrected chi connectivity index (χ2v) is 4.67. The maximum absolute atomic E-state index is 10.7. The van der Waals surface area contributed by atoms with E-state index in [4.69, 9.17) is 10.4 Å². The molecule has 1 rings (SSSR count). The first-order valence-corrected chi connectivity index (χ1v) is 5.96. The van der Waals surface area contributed by atoms with Crippen molar-refractivity contribution in [2.24, 2.45) is 5.92 Å². The van der Waals surface area contributed by atoms with Crippen LogP contribution in [0.25, 0.3) is 0 Å². The van der Waals surface area contributed by atoms with E-state index in [9.17, 15) is 4.79 Å². The van der Waals surface area contributed by atoms with E-state index in [1.54, 1.807) is 6.92 Å². The summed E-state index contributed by atoms with van der Waals surface area (Å²) in [6, 6.07) is 7.47. The van der Waals surface area contributed by atoms with Crippen molar-refractivity contribution in [3.8, 4) is 5.40 Å². The molecule has 0 saturated heterocycles. The Balaban J connectivity index is 2.67. The molecule has 0 aliphatic carbocycles. The Morgan fingerprint density at radius 3 is 2.59 bits per heavy atom. The molecule has 1 aromatic carbocycles. The third-order valence-corrected chi connectivity index (χ3v) is 3.01. The second-order valence-electron chi connectivity index (χ2n) is 3.81. The van der Waals surface area contributed by atoms with Gasteiger partial charge in [0.25, 0.3) is 0 Å². The first-order valence-electron chi connectivity index (χ1n) is 5.14. The number of aliphatic carboxylic acids is 1. The summed E-state index contributed by atoms with van der Waals surface area (Å²) in [6.07, 6.45) is 0. The van der Waals surface area contributed by atoms with E-state index in [0.717, 1.165) is 22.3 Å².